The van der Waals surface area contributed by atoms with Crippen LogP contribution in [0.25, 0.3) is 0 Å². The van der Waals surface area contributed by atoms with Gasteiger partial charge in [-0.25, -0.2) is 0 Å². The third kappa shape index (κ3) is 9.75. The number of hydrogen-bond acceptors (Lipinski definition) is 7. The van der Waals surface area contributed by atoms with Crippen molar-refractivity contribution >= 4 is 11.8 Å². The first-order chi connectivity index (χ1) is 18.9. The van der Waals surface area contributed by atoms with E-state index in [9.17, 15) is 14.7 Å². The standard InChI is InChI=1S/C30H43N3O6/c1-4-14-33(15-5-2)30(36)11-7-10-29(35)32-25(17-22-12-13-27-28(18-22)39-21-38-27)26(34)20-31-19-23-8-6-9-24(16-23)37-3/h6,8-9,12-13,16,18,25-26,31,34H,4-5,7,10-11,14-15,17,19-21H2,1-3H3,(H,32,35)/t25-,26+/m0/s1. The van der Waals surface area contributed by atoms with E-state index in [2.05, 4.69) is 24.5 Å². The van der Waals surface area contributed by atoms with E-state index in [0.29, 0.717) is 37.3 Å². The highest BCUT2D eigenvalue weighted by Crippen LogP contribution is 2.33. The fourth-order valence-electron chi connectivity index (χ4n) is 4.63. The lowest BCUT2D eigenvalue weighted by molar-refractivity contribution is -0.131. The van der Waals surface area contributed by atoms with Crippen LogP contribution in [0.15, 0.2) is 42.5 Å². The molecular formula is C30H43N3O6. The fraction of sp³-hybridized carbons (Fsp3) is 0.533. The van der Waals surface area contributed by atoms with E-state index in [1.54, 1.807) is 7.11 Å². The first-order valence-corrected chi connectivity index (χ1v) is 13.9. The van der Waals surface area contributed by atoms with Crippen molar-refractivity contribution in [2.24, 2.45) is 0 Å². The Hall–Kier alpha value is -3.30. The Morgan fingerprint density at radius 1 is 1.03 bits per heavy atom. The number of amides is 2. The molecule has 0 fully saturated rings. The van der Waals surface area contributed by atoms with Crippen LogP contribution < -0.4 is 24.8 Å². The maximum Gasteiger partial charge on any atom is 0.231 e. The van der Waals surface area contributed by atoms with Crippen LogP contribution in [-0.2, 0) is 22.6 Å². The number of carbonyl (C=O) groups is 2. The molecule has 2 amide bonds. The second-order valence-electron chi connectivity index (χ2n) is 9.85. The number of fused-ring (bicyclic) bond motifs is 1. The first kappa shape index (κ1) is 30.2. The summed E-state index contributed by atoms with van der Waals surface area (Å²) in [4.78, 5) is 27.3. The molecule has 0 bridgehead atoms. The van der Waals surface area contributed by atoms with E-state index in [4.69, 9.17) is 14.2 Å². The van der Waals surface area contributed by atoms with E-state index < -0.39 is 12.1 Å². The average Bonchev–Trinajstić information content (AvgIpc) is 3.40. The normalized spacial score (nSPS) is 13.5. The van der Waals surface area contributed by atoms with E-state index in [-0.39, 0.29) is 31.6 Å². The predicted molar refractivity (Wildman–Crippen MR) is 150 cm³/mol. The van der Waals surface area contributed by atoms with Gasteiger partial charge < -0.3 is 34.9 Å². The smallest absolute Gasteiger partial charge is 0.231 e. The van der Waals surface area contributed by atoms with Gasteiger partial charge in [0.05, 0.1) is 19.3 Å². The van der Waals surface area contributed by atoms with Crippen LogP contribution >= 0.6 is 0 Å². The van der Waals surface area contributed by atoms with Gasteiger partial charge in [-0.15, -0.1) is 0 Å². The van der Waals surface area contributed by atoms with Crippen molar-refractivity contribution in [3.05, 3.63) is 53.6 Å². The molecule has 0 spiro atoms. The molecule has 9 nitrogen and oxygen atoms in total. The molecule has 3 rings (SSSR count). The molecule has 1 heterocycles. The molecule has 0 unspecified atom stereocenters. The minimum Gasteiger partial charge on any atom is -0.497 e. The summed E-state index contributed by atoms with van der Waals surface area (Å²) in [5.41, 5.74) is 1.95. The molecule has 0 saturated heterocycles. The second-order valence-corrected chi connectivity index (χ2v) is 9.85. The van der Waals surface area contributed by atoms with Crippen molar-refractivity contribution < 1.29 is 28.9 Å². The van der Waals surface area contributed by atoms with E-state index in [1.165, 1.54) is 0 Å². The third-order valence-corrected chi connectivity index (χ3v) is 6.65. The molecule has 0 aromatic heterocycles. The zero-order chi connectivity index (χ0) is 28.0. The summed E-state index contributed by atoms with van der Waals surface area (Å²) in [5, 5.41) is 17.4. The number of carbonyl (C=O) groups excluding carboxylic acids is 2. The minimum absolute atomic E-state index is 0.0881. The highest BCUT2D eigenvalue weighted by molar-refractivity contribution is 5.79. The Kier molecular flexibility index (Phi) is 12.4. The number of methoxy groups -OCH3 is 1. The van der Waals surface area contributed by atoms with Crippen LogP contribution in [-0.4, -0.2) is 67.5 Å². The van der Waals surface area contributed by atoms with Gasteiger partial charge in [-0.3, -0.25) is 9.59 Å². The largest absolute Gasteiger partial charge is 0.497 e. The van der Waals surface area contributed by atoms with Crippen LogP contribution in [0.1, 0.15) is 57.1 Å². The summed E-state index contributed by atoms with van der Waals surface area (Å²) in [6.07, 6.45) is 2.44. The second kappa shape index (κ2) is 16.0. The number of rotatable bonds is 17. The van der Waals surface area contributed by atoms with E-state index in [0.717, 1.165) is 42.8 Å². The number of aliphatic hydroxyl groups excluding tert-OH is 1. The fourth-order valence-corrected chi connectivity index (χ4v) is 4.63. The molecule has 2 aromatic carbocycles. The van der Waals surface area contributed by atoms with Crippen molar-refractivity contribution in [3.8, 4) is 17.2 Å². The number of aliphatic hydroxyl groups is 1. The highest BCUT2D eigenvalue weighted by Gasteiger charge is 2.23. The maximum absolute atomic E-state index is 12.9. The number of benzene rings is 2. The minimum atomic E-state index is -0.837. The van der Waals surface area contributed by atoms with Gasteiger partial charge in [0.1, 0.15) is 5.75 Å². The monoisotopic (exact) mass is 541 g/mol. The lowest BCUT2D eigenvalue weighted by atomic mass is 10.00. The number of nitrogens with zero attached hydrogens (tertiary/aromatic N) is 1. The summed E-state index contributed by atoms with van der Waals surface area (Å²) in [5.74, 6) is 2.02. The number of hydrogen-bond donors (Lipinski definition) is 3. The topological polar surface area (TPSA) is 109 Å². The molecule has 2 atom stereocenters. The first-order valence-electron chi connectivity index (χ1n) is 13.9. The van der Waals surface area contributed by atoms with Crippen LogP contribution in [0.3, 0.4) is 0 Å². The maximum atomic E-state index is 12.9. The van der Waals surface area contributed by atoms with Gasteiger partial charge in [-0.05, 0) is 61.1 Å². The Morgan fingerprint density at radius 3 is 2.54 bits per heavy atom. The lowest BCUT2D eigenvalue weighted by Crippen LogP contribution is -2.48. The molecule has 3 N–H and O–H groups in total. The summed E-state index contributed by atoms with van der Waals surface area (Å²) >= 11 is 0. The van der Waals surface area contributed by atoms with Crippen LogP contribution in [0, 0.1) is 0 Å². The summed E-state index contributed by atoms with van der Waals surface area (Å²) in [7, 11) is 1.63. The van der Waals surface area contributed by atoms with Gasteiger partial charge in [-0.2, -0.15) is 0 Å². The van der Waals surface area contributed by atoms with Crippen LogP contribution in [0.4, 0.5) is 0 Å². The molecule has 214 valence electrons. The van der Waals surface area contributed by atoms with Crippen molar-refractivity contribution in [1.29, 1.82) is 0 Å². The van der Waals surface area contributed by atoms with E-state index in [1.807, 2.05) is 47.4 Å². The molecule has 2 aromatic rings. The van der Waals surface area contributed by atoms with E-state index >= 15 is 0 Å². The zero-order valence-electron chi connectivity index (χ0n) is 23.4. The Labute approximate surface area is 231 Å². The van der Waals surface area contributed by atoms with Gasteiger partial charge >= 0.3 is 0 Å². The van der Waals surface area contributed by atoms with Crippen molar-refractivity contribution in [2.45, 2.75) is 71.1 Å². The SMILES string of the molecule is CCCN(CCC)C(=O)CCCC(=O)N[C@@H](Cc1ccc2c(c1)OCO2)[C@H](O)CNCc1cccc(OC)c1. The quantitative estimate of drug-likeness (QED) is 0.282. The molecular weight excluding hydrogens is 498 g/mol. The van der Waals surface area contributed by atoms with Crippen molar-refractivity contribution in [1.82, 2.24) is 15.5 Å². The lowest BCUT2D eigenvalue weighted by Gasteiger charge is -2.25. The van der Waals surface area contributed by atoms with Crippen LogP contribution in [0.5, 0.6) is 17.2 Å². The highest BCUT2D eigenvalue weighted by atomic mass is 16.7. The van der Waals surface area contributed by atoms with Gasteiger partial charge in [0, 0.05) is 39.0 Å². The molecule has 0 aliphatic carbocycles. The summed E-state index contributed by atoms with van der Waals surface area (Å²) < 4.78 is 16.2. The average molecular weight is 542 g/mol. The summed E-state index contributed by atoms with van der Waals surface area (Å²) in [6, 6.07) is 12.8. The summed E-state index contributed by atoms with van der Waals surface area (Å²) in [6.45, 7) is 6.61. The predicted octanol–water partition coefficient (Wildman–Crippen LogP) is 3.42. The molecule has 39 heavy (non-hydrogen) atoms. The van der Waals surface area contributed by atoms with Crippen LogP contribution in [0.2, 0.25) is 0 Å². The Bertz CT molecular complexity index is 1060. The molecule has 0 saturated carbocycles. The number of nitrogens with one attached hydrogen (secondary N) is 2. The molecule has 0 radical (unpaired) electrons. The third-order valence-electron chi connectivity index (χ3n) is 6.65. The van der Waals surface area contributed by atoms with Gasteiger partial charge in [-0.1, -0.05) is 32.0 Å². The van der Waals surface area contributed by atoms with Gasteiger partial charge in [0.2, 0.25) is 18.6 Å². The molecule has 9 heteroatoms. The van der Waals surface area contributed by atoms with Gasteiger partial charge in [0.15, 0.2) is 11.5 Å². The Morgan fingerprint density at radius 2 is 1.79 bits per heavy atom. The van der Waals surface area contributed by atoms with Gasteiger partial charge in [0.25, 0.3) is 0 Å². The Balaban J connectivity index is 1.57. The number of ether oxygens (including phenoxy) is 3. The van der Waals surface area contributed by atoms with Crippen molar-refractivity contribution in [3.63, 3.8) is 0 Å². The zero-order valence-corrected chi connectivity index (χ0v) is 23.4. The van der Waals surface area contributed by atoms with Crippen molar-refractivity contribution in [2.75, 3.05) is 33.5 Å². The molecule has 1 aliphatic heterocycles. The molecule has 1 aliphatic rings.